The maximum Gasteiger partial charge on any atom is 0.287 e. The number of carbonyl (C=O) groups excluding carboxylic acids is 1. The van der Waals surface area contributed by atoms with Gasteiger partial charge in [-0.1, -0.05) is 0 Å². The van der Waals surface area contributed by atoms with Crippen LogP contribution in [-0.4, -0.2) is 38.3 Å². The highest BCUT2D eigenvalue weighted by Gasteiger charge is 2.34. The molecule has 6 heteroatoms. The monoisotopic (exact) mass is 288 g/mol. The average molecular weight is 289 g/mol. The van der Waals surface area contributed by atoms with E-state index in [1.807, 2.05) is 6.92 Å². The summed E-state index contributed by atoms with van der Waals surface area (Å²) >= 11 is 0. The summed E-state index contributed by atoms with van der Waals surface area (Å²) < 4.78 is 10.4. The molecular formula is C13H21ClN2O3. The van der Waals surface area contributed by atoms with Gasteiger partial charge in [0.25, 0.3) is 5.91 Å². The van der Waals surface area contributed by atoms with Crippen molar-refractivity contribution >= 4 is 18.3 Å². The van der Waals surface area contributed by atoms with Crippen LogP contribution in [0.1, 0.15) is 29.0 Å². The van der Waals surface area contributed by atoms with Gasteiger partial charge in [0.15, 0.2) is 5.76 Å². The third-order valence-electron chi connectivity index (χ3n) is 3.41. The first kappa shape index (κ1) is 16.0. The number of halogens is 1. The molecule has 0 spiro atoms. The van der Waals surface area contributed by atoms with Gasteiger partial charge in [-0.15, -0.1) is 12.4 Å². The molecule has 1 atom stereocenters. The fraction of sp³-hybridized carbons (Fsp3) is 0.615. The predicted molar refractivity (Wildman–Crippen MR) is 74.9 cm³/mol. The Morgan fingerprint density at radius 1 is 1.63 bits per heavy atom. The molecule has 0 bridgehead atoms. The Kier molecular flexibility index (Phi) is 5.85. The highest BCUT2D eigenvalue weighted by atomic mass is 35.5. The van der Waals surface area contributed by atoms with Gasteiger partial charge in [0.1, 0.15) is 0 Å². The molecule has 1 amide bonds. The summed E-state index contributed by atoms with van der Waals surface area (Å²) in [5.74, 6) is 0.224. The molecule has 1 aliphatic rings. The lowest BCUT2D eigenvalue weighted by Gasteiger charge is -2.28. The average Bonchev–Trinajstić information content (AvgIpc) is 2.97. The van der Waals surface area contributed by atoms with Crippen molar-refractivity contribution in [1.29, 1.82) is 0 Å². The van der Waals surface area contributed by atoms with Crippen molar-refractivity contribution in [1.82, 2.24) is 10.6 Å². The molecule has 1 fully saturated rings. The number of ether oxygens (including phenoxy) is 1. The minimum Gasteiger partial charge on any atom is -0.459 e. The molecule has 2 heterocycles. The zero-order valence-corrected chi connectivity index (χ0v) is 12.1. The number of rotatable bonds is 5. The van der Waals surface area contributed by atoms with Crippen LogP contribution in [0.4, 0.5) is 0 Å². The minimum absolute atomic E-state index is 0. The second-order valence-electron chi connectivity index (χ2n) is 4.86. The third kappa shape index (κ3) is 3.72. The maximum atomic E-state index is 12.0. The summed E-state index contributed by atoms with van der Waals surface area (Å²) in [6, 6.07) is 1.79. The minimum atomic E-state index is -0.165. The Balaban J connectivity index is 0.00000180. The smallest absolute Gasteiger partial charge is 0.287 e. The van der Waals surface area contributed by atoms with Gasteiger partial charge in [0, 0.05) is 19.2 Å². The summed E-state index contributed by atoms with van der Waals surface area (Å²) in [7, 11) is 1.68. The Hall–Kier alpha value is -1.04. The lowest BCUT2D eigenvalue weighted by atomic mass is 9.98. The summed E-state index contributed by atoms with van der Waals surface area (Å²) in [5.41, 5.74) is 0.720. The highest BCUT2D eigenvalue weighted by molar-refractivity contribution is 5.92. The van der Waals surface area contributed by atoms with Crippen molar-refractivity contribution in [2.45, 2.75) is 25.3 Å². The Morgan fingerprint density at radius 2 is 2.42 bits per heavy atom. The van der Waals surface area contributed by atoms with Gasteiger partial charge < -0.3 is 19.8 Å². The fourth-order valence-electron chi connectivity index (χ4n) is 2.41. The molecule has 0 aliphatic carbocycles. The van der Waals surface area contributed by atoms with E-state index in [9.17, 15) is 4.79 Å². The van der Waals surface area contributed by atoms with Gasteiger partial charge in [-0.05, 0) is 32.4 Å². The Morgan fingerprint density at radius 3 is 2.95 bits per heavy atom. The molecule has 1 aromatic rings. The number of amides is 1. The van der Waals surface area contributed by atoms with E-state index < -0.39 is 0 Å². The van der Waals surface area contributed by atoms with Crippen molar-refractivity contribution < 1.29 is 13.9 Å². The van der Waals surface area contributed by atoms with E-state index in [0.717, 1.165) is 24.9 Å². The standard InChI is InChI=1S/C13H20N2O3.ClH/c1-10-4-7-18-11(10)12(16)14-8-13(9-17-2)5-3-6-15-13;/h4,7,15H,3,5-6,8-9H2,1-2H3,(H,14,16);1H. The molecule has 0 aromatic carbocycles. The van der Waals surface area contributed by atoms with Crippen LogP contribution < -0.4 is 10.6 Å². The van der Waals surface area contributed by atoms with Crippen LogP contribution in [0, 0.1) is 6.92 Å². The van der Waals surface area contributed by atoms with Gasteiger partial charge >= 0.3 is 0 Å². The van der Waals surface area contributed by atoms with Crippen LogP contribution in [0.2, 0.25) is 0 Å². The van der Waals surface area contributed by atoms with Gasteiger partial charge in [-0.3, -0.25) is 4.79 Å². The molecule has 5 nitrogen and oxygen atoms in total. The van der Waals surface area contributed by atoms with E-state index in [-0.39, 0.29) is 23.9 Å². The first-order valence-corrected chi connectivity index (χ1v) is 6.23. The molecule has 1 aliphatic heterocycles. The van der Waals surface area contributed by atoms with E-state index in [2.05, 4.69) is 10.6 Å². The molecule has 19 heavy (non-hydrogen) atoms. The number of aryl methyl sites for hydroxylation is 1. The van der Waals surface area contributed by atoms with Crippen LogP contribution in [0.5, 0.6) is 0 Å². The number of hydrogen-bond acceptors (Lipinski definition) is 4. The van der Waals surface area contributed by atoms with Crippen LogP contribution in [0.15, 0.2) is 16.7 Å². The van der Waals surface area contributed by atoms with Gasteiger partial charge in [-0.25, -0.2) is 0 Å². The second-order valence-corrected chi connectivity index (χ2v) is 4.86. The SMILES string of the molecule is COCC1(CNC(=O)c2occc2C)CCCN1.Cl. The molecule has 0 saturated carbocycles. The van der Waals surface area contributed by atoms with E-state index >= 15 is 0 Å². The molecule has 0 radical (unpaired) electrons. The zero-order valence-electron chi connectivity index (χ0n) is 11.3. The van der Waals surface area contributed by atoms with Crippen LogP contribution in [-0.2, 0) is 4.74 Å². The molecule has 1 saturated heterocycles. The predicted octanol–water partition coefficient (Wildman–Crippen LogP) is 1.51. The van der Waals surface area contributed by atoms with Crippen LogP contribution in [0.3, 0.4) is 0 Å². The number of nitrogens with one attached hydrogen (secondary N) is 2. The van der Waals surface area contributed by atoms with E-state index in [4.69, 9.17) is 9.15 Å². The Labute approximate surface area is 119 Å². The molecule has 1 aromatic heterocycles. The summed E-state index contributed by atoms with van der Waals surface area (Å²) in [6.45, 7) is 3.99. The zero-order chi connectivity index (χ0) is 13.0. The van der Waals surface area contributed by atoms with Crippen LogP contribution in [0.25, 0.3) is 0 Å². The van der Waals surface area contributed by atoms with Gasteiger partial charge in [-0.2, -0.15) is 0 Å². The first-order valence-electron chi connectivity index (χ1n) is 6.23. The summed E-state index contributed by atoms with van der Waals surface area (Å²) in [5, 5.41) is 6.33. The van der Waals surface area contributed by atoms with Gasteiger partial charge in [0.05, 0.1) is 18.4 Å². The third-order valence-corrected chi connectivity index (χ3v) is 3.41. The maximum absolute atomic E-state index is 12.0. The Bertz CT molecular complexity index is 414. The van der Waals surface area contributed by atoms with E-state index in [1.165, 1.54) is 6.26 Å². The second kappa shape index (κ2) is 6.93. The van der Waals surface area contributed by atoms with Crippen molar-refractivity contribution in [2.24, 2.45) is 0 Å². The molecular weight excluding hydrogens is 268 g/mol. The largest absolute Gasteiger partial charge is 0.459 e. The number of furan rings is 1. The summed E-state index contributed by atoms with van der Waals surface area (Å²) in [4.78, 5) is 12.0. The lowest BCUT2D eigenvalue weighted by molar-refractivity contribution is 0.0866. The highest BCUT2D eigenvalue weighted by Crippen LogP contribution is 2.19. The quantitative estimate of drug-likeness (QED) is 0.862. The van der Waals surface area contributed by atoms with Crippen LogP contribution >= 0.6 is 12.4 Å². The van der Waals surface area contributed by atoms with Crippen molar-refractivity contribution in [2.75, 3.05) is 26.8 Å². The molecule has 2 rings (SSSR count). The normalized spacial score (nSPS) is 22.0. The first-order chi connectivity index (χ1) is 8.67. The van der Waals surface area contributed by atoms with Crippen molar-refractivity contribution in [3.05, 3.63) is 23.7 Å². The number of carbonyl (C=O) groups is 1. The fourth-order valence-corrected chi connectivity index (χ4v) is 2.41. The van der Waals surface area contributed by atoms with Crippen molar-refractivity contribution in [3.63, 3.8) is 0 Å². The summed E-state index contributed by atoms with van der Waals surface area (Å²) in [6.07, 6.45) is 3.65. The van der Waals surface area contributed by atoms with Gasteiger partial charge in [0.2, 0.25) is 0 Å². The van der Waals surface area contributed by atoms with Crippen molar-refractivity contribution in [3.8, 4) is 0 Å². The molecule has 2 N–H and O–H groups in total. The topological polar surface area (TPSA) is 63.5 Å². The van der Waals surface area contributed by atoms with E-state index in [0.29, 0.717) is 18.9 Å². The lowest BCUT2D eigenvalue weighted by Crippen LogP contribution is -2.53. The number of methoxy groups -OCH3 is 1. The van der Waals surface area contributed by atoms with E-state index in [1.54, 1.807) is 13.2 Å². The number of hydrogen-bond donors (Lipinski definition) is 2. The molecule has 108 valence electrons. The molecule has 1 unspecified atom stereocenters.